The molecule has 0 aromatic carbocycles. The number of unbranched alkanes of at least 4 members (excludes halogenated alkanes) is 1. The van der Waals surface area contributed by atoms with Gasteiger partial charge in [0, 0.05) is 8.07 Å². The average Bonchev–Trinajstić information content (AvgIpc) is 2.32. The fourth-order valence-corrected chi connectivity index (χ4v) is 4.61. The van der Waals surface area contributed by atoms with E-state index in [9.17, 15) is 5.11 Å². The normalized spacial score (nSPS) is 24.5. The maximum absolute atomic E-state index is 10.3. The Morgan fingerprint density at radius 3 is 2.35 bits per heavy atom. The molecular weight excluding hydrogens is 224 g/mol. The SMILES string of the molecule is CCCCC1=C(C[Si](C)(C)C)[C@@H](O)CC1(C)C. The van der Waals surface area contributed by atoms with Crippen molar-refractivity contribution < 1.29 is 5.11 Å². The summed E-state index contributed by atoms with van der Waals surface area (Å²) in [4.78, 5) is 0. The molecule has 2 heteroatoms. The highest BCUT2D eigenvalue weighted by Crippen LogP contribution is 2.47. The first-order chi connectivity index (χ1) is 7.67. The van der Waals surface area contributed by atoms with E-state index in [1.807, 2.05) is 0 Å². The second-order valence-electron chi connectivity index (χ2n) is 7.45. The van der Waals surface area contributed by atoms with Gasteiger partial charge >= 0.3 is 0 Å². The molecule has 0 heterocycles. The first kappa shape index (κ1) is 15.0. The van der Waals surface area contributed by atoms with Gasteiger partial charge in [-0.25, -0.2) is 0 Å². The third kappa shape index (κ3) is 3.96. The van der Waals surface area contributed by atoms with Crippen molar-refractivity contribution in [2.75, 3.05) is 0 Å². The molecule has 0 aliphatic heterocycles. The fraction of sp³-hybridized carbons (Fsp3) is 0.867. The van der Waals surface area contributed by atoms with Crippen LogP contribution in [0.25, 0.3) is 0 Å². The van der Waals surface area contributed by atoms with Gasteiger partial charge < -0.3 is 5.11 Å². The van der Waals surface area contributed by atoms with Gasteiger partial charge in [-0.15, -0.1) is 0 Å². The van der Waals surface area contributed by atoms with Crippen LogP contribution in [0.2, 0.25) is 25.7 Å². The second kappa shape index (κ2) is 5.27. The summed E-state index contributed by atoms with van der Waals surface area (Å²) >= 11 is 0. The monoisotopic (exact) mass is 254 g/mol. The molecule has 1 aliphatic carbocycles. The van der Waals surface area contributed by atoms with Crippen molar-refractivity contribution in [3.63, 3.8) is 0 Å². The molecule has 0 bridgehead atoms. The van der Waals surface area contributed by atoms with Crippen LogP contribution in [0.15, 0.2) is 11.1 Å². The minimum atomic E-state index is -1.13. The van der Waals surface area contributed by atoms with E-state index in [0.29, 0.717) is 0 Å². The molecule has 0 saturated carbocycles. The third-order valence-corrected chi connectivity index (χ3v) is 5.25. The average molecular weight is 254 g/mol. The molecule has 0 aromatic heterocycles. The number of rotatable bonds is 5. The zero-order chi connectivity index (χ0) is 13.3. The molecule has 0 amide bonds. The van der Waals surface area contributed by atoms with Crippen molar-refractivity contribution in [1.82, 2.24) is 0 Å². The standard InChI is InChI=1S/C15H30OSi/c1-7-8-9-13-12(11-17(4,5)6)14(16)10-15(13,2)3/h14,16H,7-11H2,1-6H3/t14-/m0/s1. The summed E-state index contributed by atoms with van der Waals surface area (Å²) in [5, 5.41) is 10.3. The maximum Gasteiger partial charge on any atom is 0.0758 e. The Labute approximate surface area is 108 Å². The highest BCUT2D eigenvalue weighted by Gasteiger charge is 2.38. The Morgan fingerprint density at radius 2 is 1.88 bits per heavy atom. The van der Waals surface area contributed by atoms with Gasteiger partial charge in [-0.2, -0.15) is 0 Å². The summed E-state index contributed by atoms with van der Waals surface area (Å²) in [5.41, 5.74) is 3.21. The van der Waals surface area contributed by atoms with Gasteiger partial charge in [-0.3, -0.25) is 0 Å². The topological polar surface area (TPSA) is 20.2 Å². The molecule has 100 valence electrons. The van der Waals surface area contributed by atoms with E-state index in [2.05, 4.69) is 40.4 Å². The molecule has 1 atom stereocenters. The molecule has 0 fully saturated rings. The lowest BCUT2D eigenvalue weighted by Gasteiger charge is -2.24. The Hall–Kier alpha value is -0.0831. The van der Waals surface area contributed by atoms with Crippen molar-refractivity contribution in [2.45, 2.75) is 78.2 Å². The predicted octanol–water partition coefficient (Wildman–Crippen LogP) is 4.60. The highest BCUT2D eigenvalue weighted by atomic mass is 28.3. The van der Waals surface area contributed by atoms with Crippen molar-refractivity contribution >= 4 is 8.07 Å². The van der Waals surface area contributed by atoms with Crippen LogP contribution in [0.1, 0.15) is 46.5 Å². The zero-order valence-corrected chi connectivity index (χ0v) is 13.6. The van der Waals surface area contributed by atoms with Gasteiger partial charge in [0.25, 0.3) is 0 Å². The maximum atomic E-state index is 10.3. The summed E-state index contributed by atoms with van der Waals surface area (Å²) in [5.74, 6) is 0. The van der Waals surface area contributed by atoms with Crippen molar-refractivity contribution in [1.29, 1.82) is 0 Å². The minimum absolute atomic E-state index is 0.163. The minimum Gasteiger partial charge on any atom is -0.389 e. The van der Waals surface area contributed by atoms with E-state index < -0.39 is 8.07 Å². The molecule has 0 saturated heterocycles. The van der Waals surface area contributed by atoms with Gasteiger partial charge in [0.2, 0.25) is 0 Å². The molecule has 1 aliphatic rings. The lowest BCUT2D eigenvalue weighted by atomic mass is 9.83. The zero-order valence-electron chi connectivity index (χ0n) is 12.6. The summed E-state index contributed by atoms with van der Waals surface area (Å²) in [6, 6.07) is 1.18. The van der Waals surface area contributed by atoms with Crippen LogP contribution in [0.5, 0.6) is 0 Å². The Bertz CT molecular complexity index is 297. The summed E-state index contributed by atoms with van der Waals surface area (Å²) < 4.78 is 0. The van der Waals surface area contributed by atoms with E-state index in [0.717, 1.165) is 6.42 Å². The molecule has 0 unspecified atom stereocenters. The number of aliphatic hydroxyl groups excluding tert-OH is 1. The fourth-order valence-electron chi connectivity index (χ4n) is 3.01. The predicted molar refractivity (Wildman–Crippen MR) is 79.1 cm³/mol. The first-order valence-corrected chi connectivity index (χ1v) is 10.8. The van der Waals surface area contributed by atoms with Gasteiger partial charge in [0.05, 0.1) is 6.10 Å². The summed E-state index contributed by atoms with van der Waals surface area (Å²) in [7, 11) is -1.13. The van der Waals surface area contributed by atoms with Crippen molar-refractivity contribution in [3.8, 4) is 0 Å². The van der Waals surface area contributed by atoms with Crippen LogP contribution in [-0.2, 0) is 0 Å². The Kier molecular flexibility index (Phi) is 4.65. The molecule has 17 heavy (non-hydrogen) atoms. The Balaban J connectivity index is 2.96. The van der Waals surface area contributed by atoms with E-state index in [-0.39, 0.29) is 11.5 Å². The van der Waals surface area contributed by atoms with Gasteiger partial charge in [0.15, 0.2) is 0 Å². The molecular formula is C15H30OSi. The number of hydrogen-bond donors (Lipinski definition) is 1. The van der Waals surface area contributed by atoms with E-state index in [4.69, 9.17) is 0 Å². The lowest BCUT2D eigenvalue weighted by molar-refractivity contribution is 0.181. The van der Waals surface area contributed by atoms with Crippen LogP contribution in [0.3, 0.4) is 0 Å². The third-order valence-electron chi connectivity index (χ3n) is 3.81. The number of hydrogen-bond acceptors (Lipinski definition) is 1. The van der Waals surface area contributed by atoms with Crippen LogP contribution in [-0.4, -0.2) is 19.3 Å². The molecule has 1 N–H and O–H groups in total. The Morgan fingerprint density at radius 1 is 1.29 bits per heavy atom. The molecule has 0 spiro atoms. The highest BCUT2D eigenvalue weighted by molar-refractivity contribution is 6.76. The number of allylic oxidation sites excluding steroid dienone is 1. The van der Waals surface area contributed by atoms with Gasteiger partial charge in [-0.05, 0) is 36.3 Å². The summed E-state index contributed by atoms with van der Waals surface area (Å²) in [6.07, 6.45) is 4.48. The van der Waals surface area contributed by atoms with E-state index >= 15 is 0 Å². The van der Waals surface area contributed by atoms with Crippen LogP contribution >= 0.6 is 0 Å². The quantitative estimate of drug-likeness (QED) is 0.561. The van der Waals surface area contributed by atoms with Crippen molar-refractivity contribution in [2.24, 2.45) is 5.41 Å². The molecule has 1 rings (SSSR count). The molecule has 0 radical (unpaired) electrons. The van der Waals surface area contributed by atoms with E-state index in [1.54, 1.807) is 5.57 Å². The van der Waals surface area contributed by atoms with Crippen LogP contribution < -0.4 is 0 Å². The number of aliphatic hydroxyl groups is 1. The molecule has 0 aromatic rings. The molecule has 1 nitrogen and oxygen atoms in total. The van der Waals surface area contributed by atoms with Gasteiger partial charge in [0.1, 0.15) is 0 Å². The summed E-state index contributed by atoms with van der Waals surface area (Å²) in [6.45, 7) is 14.1. The largest absolute Gasteiger partial charge is 0.389 e. The van der Waals surface area contributed by atoms with E-state index in [1.165, 1.54) is 30.9 Å². The smallest absolute Gasteiger partial charge is 0.0758 e. The van der Waals surface area contributed by atoms with Crippen LogP contribution in [0.4, 0.5) is 0 Å². The second-order valence-corrected chi connectivity index (χ2v) is 12.9. The first-order valence-electron chi connectivity index (χ1n) is 7.08. The van der Waals surface area contributed by atoms with Crippen molar-refractivity contribution in [3.05, 3.63) is 11.1 Å². The van der Waals surface area contributed by atoms with Gasteiger partial charge in [-0.1, -0.05) is 52.4 Å². The lowest BCUT2D eigenvalue weighted by Crippen LogP contribution is -2.23. The van der Waals surface area contributed by atoms with Crippen LogP contribution in [0, 0.1) is 5.41 Å².